The van der Waals surface area contributed by atoms with Gasteiger partial charge in [0.2, 0.25) is 0 Å². The second-order valence-electron chi connectivity index (χ2n) is 10.1. The third kappa shape index (κ3) is 9.98. The van der Waals surface area contributed by atoms with Gasteiger partial charge in [0, 0.05) is 6.42 Å². The number of aryl methyl sites for hydroxylation is 1. The normalized spacial score (nSPS) is 12.6. The van der Waals surface area contributed by atoms with Crippen LogP contribution in [0.25, 0.3) is 0 Å². The molecule has 0 aliphatic carbocycles. The summed E-state index contributed by atoms with van der Waals surface area (Å²) < 4.78 is 16.9. The van der Waals surface area contributed by atoms with E-state index in [-0.39, 0.29) is 12.4 Å². The molecule has 180 valence electrons. The number of amides is 1. The molecule has 6 nitrogen and oxygen atoms in total. The number of alkyl carbamates (subject to hydrolysis) is 1. The number of carbonyl (C=O) groups is 2. The Kier molecular flexibility index (Phi) is 8.91. The van der Waals surface area contributed by atoms with Crippen molar-refractivity contribution < 1.29 is 23.8 Å². The second kappa shape index (κ2) is 11.2. The molecule has 1 amide bonds. The number of rotatable bonds is 8. The summed E-state index contributed by atoms with van der Waals surface area (Å²) in [6.07, 6.45) is -0.00431. The Morgan fingerprint density at radius 3 is 2.15 bits per heavy atom. The lowest BCUT2D eigenvalue weighted by molar-refractivity contribution is -0.155. The fraction of sp³-hybridized carbons (Fsp3) is 0.481. The van der Waals surface area contributed by atoms with Gasteiger partial charge in [-0.2, -0.15) is 0 Å². The molecule has 33 heavy (non-hydrogen) atoms. The first-order valence-corrected chi connectivity index (χ1v) is 11.3. The van der Waals surface area contributed by atoms with Gasteiger partial charge >= 0.3 is 12.1 Å². The molecule has 2 aromatic carbocycles. The fourth-order valence-electron chi connectivity index (χ4n) is 3.23. The molecule has 1 atom stereocenters. The maximum atomic E-state index is 12.5. The topological polar surface area (TPSA) is 73.9 Å². The molecule has 1 unspecified atom stereocenters. The molecule has 6 heteroatoms. The van der Waals surface area contributed by atoms with Crippen molar-refractivity contribution in [3.05, 3.63) is 65.2 Å². The molecule has 0 heterocycles. The Morgan fingerprint density at radius 2 is 1.55 bits per heavy atom. The minimum atomic E-state index is -0.629. The molecule has 0 aliphatic heterocycles. The van der Waals surface area contributed by atoms with Gasteiger partial charge in [0.05, 0.1) is 6.04 Å². The molecular weight excluding hydrogens is 418 g/mol. The Balaban J connectivity index is 2.20. The molecule has 2 rings (SSSR count). The lowest BCUT2D eigenvalue weighted by Crippen LogP contribution is -2.35. The van der Waals surface area contributed by atoms with E-state index < -0.39 is 23.3 Å². The number of ether oxygens (including phenoxy) is 3. The van der Waals surface area contributed by atoms with Crippen molar-refractivity contribution in [2.24, 2.45) is 0 Å². The van der Waals surface area contributed by atoms with Gasteiger partial charge in [0.15, 0.2) is 0 Å². The number of hydrogen-bond donors (Lipinski definition) is 1. The van der Waals surface area contributed by atoms with Crippen molar-refractivity contribution in [2.45, 2.75) is 85.2 Å². The average Bonchev–Trinajstić information content (AvgIpc) is 2.69. The first-order valence-electron chi connectivity index (χ1n) is 11.3. The Morgan fingerprint density at radius 1 is 0.909 bits per heavy atom. The number of benzene rings is 2. The predicted molar refractivity (Wildman–Crippen MR) is 129 cm³/mol. The minimum Gasteiger partial charge on any atom is -0.489 e. The van der Waals surface area contributed by atoms with Crippen LogP contribution in [0.4, 0.5) is 4.79 Å². The molecule has 0 fully saturated rings. The quantitative estimate of drug-likeness (QED) is 0.476. The molecule has 0 aliphatic rings. The zero-order chi connectivity index (χ0) is 24.6. The summed E-state index contributed by atoms with van der Waals surface area (Å²) in [7, 11) is 0. The Hall–Kier alpha value is -3.02. The smallest absolute Gasteiger partial charge is 0.408 e. The van der Waals surface area contributed by atoms with E-state index in [4.69, 9.17) is 14.2 Å². The van der Waals surface area contributed by atoms with Crippen LogP contribution in [0.5, 0.6) is 5.75 Å². The summed E-state index contributed by atoms with van der Waals surface area (Å²) in [6, 6.07) is 15.2. The van der Waals surface area contributed by atoms with E-state index in [0.717, 1.165) is 16.7 Å². The van der Waals surface area contributed by atoms with Crippen LogP contribution in [-0.4, -0.2) is 23.3 Å². The van der Waals surface area contributed by atoms with E-state index in [2.05, 4.69) is 5.32 Å². The summed E-state index contributed by atoms with van der Waals surface area (Å²) in [6.45, 7) is 13.3. The van der Waals surface area contributed by atoms with Crippen LogP contribution in [0, 0.1) is 6.92 Å². The zero-order valence-electron chi connectivity index (χ0n) is 20.9. The molecule has 0 radical (unpaired) electrons. The van der Waals surface area contributed by atoms with Crippen molar-refractivity contribution in [3.8, 4) is 5.75 Å². The van der Waals surface area contributed by atoms with Crippen LogP contribution < -0.4 is 10.1 Å². The van der Waals surface area contributed by atoms with Crippen molar-refractivity contribution in [1.82, 2.24) is 5.32 Å². The van der Waals surface area contributed by atoms with Crippen LogP contribution in [0.15, 0.2) is 48.5 Å². The largest absolute Gasteiger partial charge is 0.489 e. The van der Waals surface area contributed by atoms with E-state index in [0.29, 0.717) is 18.8 Å². The molecular formula is C27H37NO5. The van der Waals surface area contributed by atoms with E-state index in [1.54, 1.807) is 0 Å². The number of esters is 1. The summed E-state index contributed by atoms with van der Waals surface area (Å²) in [5.74, 6) is 0.375. The van der Waals surface area contributed by atoms with Crippen LogP contribution in [0.2, 0.25) is 0 Å². The van der Waals surface area contributed by atoms with Crippen LogP contribution >= 0.6 is 0 Å². The highest BCUT2D eigenvalue weighted by molar-refractivity contribution is 5.71. The van der Waals surface area contributed by atoms with Crippen LogP contribution in [-0.2, 0) is 20.9 Å². The molecule has 0 aromatic heterocycles. The zero-order valence-corrected chi connectivity index (χ0v) is 20.9. The van der Waals surface area contributed by atoms with Gasteiger partial charge < -0.3 is 19.5 Å². The molecule has 0 saturated heterocycles. The average molecular weight is 456 g/mol. The summed E-state index contributed by atoms with van der Waals surface area (Å²) in [5, 5.41) is 2.93. The van der Waals surface area contributed by atoms with Crippen molar-refractivity contribution in [2.75, 3.05) is 0 Å². The molecule has 0 bridgehead atoms. The van der Waals surface area contributed by atoms with Crippen molar-refractivity contribution in [3.63, 3.8) is 0 Å². The van der Waals surface area contributed by atoms with E-state index >= 15 is 0 Å². The molecule has 0 spiro atoms. The lowest BCUT2D eigenvalue weighted by atomic mass is 9.97. The van der Waals surface area contributed by atoms with Gasteiger partial charge in [-0.05, 0) is 83.7 Å². The lowest BCUT2D eigenvalue weighted by Gasteiger charge is -2.26. The van der Waals surface area contributed by atoms with Gasteiger partial charge in [0.1, 0.15) is 23.6 Å². The van der Waals surface area contributed by atoms with E-state index in [9.17, 15) is 9.59 Å². The summed E-state index contributed by atoms with van der Waals surface area (Å²) >= 11 is 0. The van der Waals surface area contributed by atoms with Gasteiger partial charge in [-0.1, -0.05) is 36.4 Å². The first kappa shape index (κ1) is 26.2. The third-order valence-electron chi connectivity index (χ3n) is 4.62. The molecule has 0 saturated carbocycles. The van der Waals surface area contributed by atoms with E-state index in [1.807, 2.05) is 97.0 Å². The minimum absolute atomic E-state index is 0.159. The first-order chi connectivity index (χ1) is 15.3. The van der Waals surface area contributed by atoms with Crippen molar-refractivity contribution >= 4 is 12.1 Å². The Labute approximate surface area is 197 Å². The summed E-state index contributed by atoms with van der Waals surface area (Å²) in [5.41, 5.74) is 1.72. The maximum absolute atomic E-state index is 12.5. The standard InChI is InChI=1S/C27H37NO5/c1-19-13-14-21(31-18-20-11-9-8-10-12-20)17-22(19)23(28-25(30)33-27(5,6)7)15-16-24(29)32-26(2,3)4/h8-14,17,23H,15-16,18H2,1-7H3,(H,28,30). The second-order valence-corrected chi connectivity index (χ2v) is 10.1. The van der Waals surface area contributed by atoms with Crippen molar-refractivity contribution in [1.29, 1.82) is 0 Å². The SMILES string of the molecule is Cc1ccc(OCc2ccccc2)cc1C(CCC(=O)OC(C)(C)C)NC(=O)OC(C)(C)C. The maximum Gasteiger partial charge on any atom is 0.408 e. The third-order valence-corrected chi connectivity index (χ3v) is 4.62. The van der Waals surface area contributed by atoms with Gasteiger partial charge in [-0.15, -0.1) is 0 Å². The molecule has 1 N–H and O–H groups in total. The number of hydrogen-bond acceptors (Lipinski definition) is 5. The van der Waals surface area contributed by atoms with Crippen LogP contribution in [0.1, 0.15) is 77.1 Å². The van der Waals surface area contributed by atoms with Gasteiger partial charge in [0.25, 0.3) is 0 Å². The van der Waals surface area contributed by atoms with Gasteiger partial charge in [-0.25, -0.2) is 4.79 Å². The number of carbonyl (C=O) groups excluding carboxylic acids is 2. The fourth-order valence-corrected chi connectivity index (χ4v) is 3.23. The number of nitrogens with one attached hydrogen (secondary N) is 1. The highest BCUT2D eigenvalue weighted by atomic mass is 16.6. The van der Waals surface area contributed by atoms with Gasteiger partial charge in [-0.3, -0.25) is 4.79 Å². The van der Waals surface area contributed by atoms with E-state index in [1.165, 1.54) is 0 Å². The molecule has 2 aromatic rings. The highest BCUT2D eigenvalue weighted by Crippen LogP contribution is 2.28. The monoisotopic (exact) mass is 455 g/mol. The highest BCUT2D eigenvalue weighted by Gasteiger charge is 2.24. The summed E-state index contributed by atoms with van der Waals surface area (Å²) in [4.78, 5) is 24.9. The van der Waals surface area contributed by atoms with Crippen LogP contribution in [0.3, 0.4) is 0 Å². The predicted octanol–water partition coefficient (Wildman–Crippen LogP) is 6.26. The Bertz CT molecular complexity index is 926.